The molecule has 3 aliphatic heterocycles. The number of hydrogen-bond acceptors (Lipinski definition) is 5. The summed E-state index contributed by atoms with van der Waals surface area (Å²) in [5.74, 6) is 0.351. The first-order valence-electron chi connectivity index (χ1n) is 10.3. The van der Waals surface area contributed by atoms with E-state index >= 15 is 0 Å². The molecule has 7 nitrogen and oxygen atoms in total. The Hall–Kier alpha value is -1.18. The Bertz CT molecular complexity index is 490. The van der Waals surface area contributed by atoms with Crippen molar-refractivity contribution in [2.24, 2.45) is 5.41 Å². The lowest BCUT2D eigenvalue weighted by molar-refractivity contribution is -0.149. The lowest BCUT2D eigenvalue weighted by Crippen LogP contribution is -2.55. The maximum absolute atomic E-state index is 13.3. The van der Waals surface area contributed by atoms with Crippen molar-refractivity contribution >= 4 is 11.8 Å². The molecule has 0 bridgehead atoms. The van der Waals surface area contributed by atoms with Crippen molar-refractivity contribution in [2.75, 3.05) is 78.5 Å². The Morgan fingerprint density at radius 3 is 1.85 bits per heavy atom. The highest BCUT2D eigenvalue weighted by Gasteiger charge is 2.46. The summed E-state index contributed by atoms with van der Waals surface area (Å²) in [4.78, 5) is 35.0. The molecule has 3 heterocycles. The molecular weight excluding hydrogens is 330 g/mol. The second kappa shape index (κ2) is 8.67. The number of carbonyl (C=O) groups excluding carboxylic acids is 2. The maximum Gasteiger partial charge on any atom is 0.230 e. The predicted molar refractivity (Wildman–Crippen MR) is 102 cm³/mol. The third-order valence-corrected chi connectivity index (χ3v) is 6.47. The summed E-state index contributed by atoms with van der Waals surface area (Å²) in [6.45, 7) is 14.8. The van der Waals surface area contributed by atoms with Crippen LogP contribution in [0.2, 0.25) is 0 Å². The highest BCUT2D eigenvalue weighted by molar-refractivity contribution is 5.89. The second-order valence-electron chi connectivity index (χ2n) is 7.93. The Morgan fingerprint density at radius 2 is 1.38 bits per heavy atom. The average molecular weight is 366 g/mol. The Balaban J connectivity index is 1.61. The highest BCUT2D eigenvalue weighted by Crippen LogP contribution is 2.33. The molecule has 0 spiro atoms. The molecule has 3 rings (SSSR count). The quantitative estimate of drug-likeness (QED) is 0.724. The zero-order chi connectivity index (χ0) is 18.6. The van der Waals surface area contributed by atoms with E-state index in [1.807, 2.05) is 9.80 Å². The standard InChI is InChI=1S/C19H35N5O2/c1-3-21-7-11-23(12-8-21)17(25)15-19(5-6-20-16-19)18(26)24-13-9-22(4-2)10-14-24/h20H,3-16H2,1-2H3. The molecule has 1 unspecified atom stereocenters. The monoisotopic (exact) mass is 365 g/mol. The highest BCUT2D eigenvalue weighted by atomic mass is 16.2. The van der Waals surface area contributed by atoms with E-state index in [0.29, 0.717) is 13.0 Å². The van der Waals surface area contributed by atoms with Gasteiger partial charge in [0.2, 0.25) is 11.8 Å². The number of nitrogens with zero attached hydrogens (tertiary/aromatic N) is 4. The molecule has 0 aromatic heterocycles. The van der Waals surface area contributed by atoms with Crippen molar-refractivity contribution in [3.8, 4) is 0 Å². The van der Waals surface area contributed by atoms with Crippen molar-refractivity contribution in [2.45, 2.75) is 26.7 Å². The van der Waals surface area contributed by atoms with Crippen LogP contribution < -0.4 is 5.32 Å². The van der Waals surface area contributed by atoms with E-state index in [1.165, 1.54) is 0 Å². The molecule has 3 fully saturated rings. The first-order chi connectivity index (χ1) is 12.6. The van der Waals surface area contributed by atoms with Gasteiger partial charge >= 0.3 is 0 Å². The van der Waals surface area contributed by atoms with Crippen molar-refractivity contribution in [3.63, 3.8) is 0 Å². The molecule has 0 radical (unpaired) electrons. The largest absolute Gasteiger partial charge is 0.340 e. The van der Waals surface area contributed by atoms with Crippen LogP contribution in [0, 0.1) is 5.41 Å². The fourth-order valence-corrected chi connectivity index (χ4v) is 4.47. The predicted octanol–water partition coefficient (Wildman–Crippen LogP) is -0.316. The van der Waals surface area contributed by atoms with Gasteiger partial charge in [-0.25, -0.2) is 0 Å². The third-order valence-electron chi connectivity index (χ3n) is 6.47. The summed E-state index contributed by atoms with van der Waals surface area (Å²) in [5.41, 5.74) is -0.534. The molecule has 0 aliphatic carbocycles. The number of amides is 2. The summed E-state index contributed by atoms with van der Waals surface area (Å²) in [7, 11) is 0. The zero-order valence-corrected chi connectivity index (χ0v) is 16.5. The van der Waals surface area contributed by atoms with Gasteiger partial charge in [-0.3, -0.25) is 9.59 Å². The Morgan fingerprint density at radius 1 is 0.846 bits per heavy atom. The fraction of sp³-hybridized carbons (Fsp3) is 0.895. The summed E-state index contributed by atoms with van der Waals surface area (Å²) in [5, 5.41) is 3.34. The second-order valence-corrected chi connectivity index (χ2v) is 7.93. The summed E-state index contributed by atoms with van der Waals surface area (Å²) < 4.78 is 0. The summed E-state index contributed by atoms with van der Waals surface area (Å²) in [6, 6.07) is 0. The third kappa shape index (κ3) is 4.21. The van der Waals surface area contributed by atoms with Gasteiger partial charge in [-0.1, -0.05) is 13.8 Å². The van der Waals surface area contributed by atoms with Crippen LogP contribution in [0.15, 0.2) is 0 Å². The number of rotatable bonds is 5. The van der Waals surface area contributed by atoms with Gasteiger partial charge in [0.1, 0.15) is 0 Å². The number of likely N-dealkylation sites (N-methyl/N-ethyl adjacent to an activating group) is 2. The van der Waals surface area contributed by atoms with E-state index < -0.39 is 5.41 Å². The van der Waals surface area contributed by atoms with Gasteiger partial charge in [0.25, 0.3) is 0 Å². The van der Waals surface area contributed by atoms with E-state index in [0.717, 1.165) is 78.4 Å². The molecule has 1 atom stereocenters. The normalized spacial score (nSPS) is 28.5. The lowest BCUT2D eigenvalue weighted by Gasteiger charge is -2.40. The molecule has 1 N–H and O–H groups in total. The number of nitrogens with one attached hydrogen (secondary N) is 1. The van der Waals surface area contributed by atoms with Gasteiger partial charge < -0.3 is 24.9 Å². The molecule has 3 saturated heterocycles. The van der Waals surface area contributed by atoms with Gasteiger partial charge in [0, 0.05) is 65.3 Å². The van der Waals surface area contributed by atoms with Crippen LogP contribution in [0.25, 0.3) is 0 Å². The number of carbonyl (C=O) groups is 2. The van der Waals surface area contributed by atoms with Crippen LogP contribution >= 0.6 is 0 Å². The van der Waals surface area contributed by atoms with Gasteiger partial charge in [0.05, 0.1) is 5.41 Å². The Labute approximate surface area is 157 Å². The van der Waals surface area contributed by atoms with Crippen molar-refractivity contribution in [1.29, 1.82) is 0 Å². The zero-order valence-electron chi connectivity index (χ0n) is 16.5. The summed E-state index contributed by atoms with van der Waals surface area (Å²) >= 11 is 0. The molecule has 0 aromatic carbocycles. The van der Waals surface area contributed by atoms with Gasteiger partial charge in [0.15, 0.2) is 0 Å². The van der Waals surface area contributed by atoms with Crippen molar-refractivity contribution in [3.05, 3.63) is 0 Å². The van der Waals surface area contributed by atoms with Crippen LogP contribution in [-0.4, -0.2) is 110 Å². The first-order valence-corrected chi connectivity index (χ1v) is 10.3. The number of hydrogen-bond donors (Lipinski definition) is 1. The minimum atomic E-state index is -0.534. The average Bonchev–Trinajstić information content (AvgIpc) is 3.17. The molecular formula is C19H35N5O2. The van der Waals surface area contributed by atoms with Crippen LogP contribution in [0.1, 0.15) is 26.7 Å². The number of piperazine rings is 2. The van der Waals surface area contributed by atoms with Gasteiger partial charge in [-0.2, -0.15) is 0 Å². The van der Waals surface area contributed by atoms with Crippen LogP contribution in [0.4, 0.5) is 0 Å². The van der Waals surface area contributed by atoms with E-state index in [1.54, 1.807) is 0 Å². The topological polar surface area (TPSA) is 59.1 Å². The first kappa shape index (κ1) is 19.6. The fourth-order valence-electron chi connectivity index (χ4n) is 4.47. The van der Waals surface area contributed by atoms with Crippen LogP contribution in [-0.2, 0) is 9.59 Å². The molecule has 0 aromatic rings. The van der Waals surface area contributed by atoms with E-state index in [-0.39, 0.29) is 11.8 Å². The van der Waals surface area contributed by atoms with Crippen LogP contribution in [0.5, 0.6) is 0 Å². The minimum absolute atomic E-state index is 0.157. The van der Waals surface area contributed by atoms with Crippen molar-refractivity contribution in [1.82, 2.24) is 24.9 Å². The van der Waals surface area contributed by atoms with E-state index in [4.69, 9.17) is 0 Å². The van der Waals surface area contributed by atoms with Gasteiger partial charge in [-0.15, -0.1) is 0 Å². The van der Waals surface area contributed by atoms with Crippen molar-refractivity contribution < 1.29 is 9.59 Å². The molecule has 0 saturated carbocycles. The minimum Gasteiger partial charge on any atom is -0.340 e. The van der Waals surface area contributed by atoms with Gasteiger partial charge in [-0.05, 0) is 26.1 Å². The molecule has 148 valence electrons. The van der Waals surface area contributed by atoms with E-state index in [9.17, 15) is 9.59 Å². The lowest BCUT2D eigenvalue weighted by atomic mass is 9.81. The maximum atomic E-state index is 13.3. The summed E-state index contributed by atoms with van der Waals surface area (Å²) in [6.07, 6.45) is 1.14. The molecule has 3 aliphatic rings. The Kier molecular flexibility index (Phi) is 6.53. The van der Waals surface area contributed by atoms with E-state index in [2.05, 4.69) is 29.0 Å². The molecule has 26 heavy (non-hydrogen) atoms. The van der Waals surface area contributed by atoms with Crippen LogP contribution in [0.3, 0.4) is 0 Å². The smallest absolute Gasteiger partial charge is 0.230 e. The molecule has 2 amide bonds. The SMILES string of the molecule is CCN1CCN(C(=O)CC2(C(=O)N3CCN(CC)CC3)CCNC2)CC1. The molecule has 7 heteroatoms.